The van der Waals surface area contributed by atoms with Crippen molar-refractivity contribution in [3.05, 3.63) is 0 Å². The Bertz CT molecular complexity index is 1090. The molecule has 0 fully saturated rings. The molecule has 0 bridgehead atoms. The fourth-order valence-corrected chi connectivity index (χ4v) is 4.02. The van der Waals surface area contributed by atoms with Crippen LogP contribution in [0.4, 0.5) is 0 Å². The largest absolute Gasteiger partial charge is 0.481 e. The van der Waals surface area contributed by atoms with E-state index >= 15 is 0 Å². The van der Waals surface area contributed by atoms with E-state index in [1.54, 1.807) is 0 Å². The maximum atomic E-state index is 13.1. The second kappa shape index (κ2) is 20.7. The van der Waals surface area contributed by atoms with Gasteiger partial charge in [-0.15, -0.1) is 0 Å². The highest BCUT2D eigenvalue weighted by Crippen LogP contribution is 2.07. The number of nitrogens with one attached hydrogen (secondary N) is 5. The Morgan fingerprint density at radius 1 is 0.455 bits per heavy atom. The molecule has 0 heterocycles. The zero-order valence-corrected chi connectivity index (χ0v) is 24.8. The Balaban J connectivity index is 6.07. The lowest BCUT2D eigenvalue weighted by Gasteiger charge is -2.26. The molecule has 0 aliphatic heterocycles. The number of aliphatic carboxylic acids is 5. The highest BCUT2D eigenvalue weighted by molar-refractivity contribution is 7.80. The van der Waals surface area contributed by atoms with Gasteiger partial charge < -0.3 is 46.8 Å². The molecule has 21 heteroatoms. The van der Waals surface area contributed by atoms with Gasteiger partial charge in [0.25, 0.3) is 0 Å². The van der Waals surface area contributed by atoms with Gasteiger partial charge in [0.05, 0.1) is 0 Å². The van der Waals surface area contributed by atoms with E-state index in [1.807, 2.05) is 5.32 Å². The van der Waals surface area contributed by atoms with E-state index < -0.39 is 135 Å². The quantitative estimate of drug-likeness (QED) is 0.0489. The molecule has 0 spiro atoms. The summed E-state index contributed by atoms with van der Waals surface area (Å²) in [5, 5.41) is 53.9. The third-order valence-electron chi connectivity index (χ3n) is 5.76. The van der Waals surface area contributed by atoms with Crippen LogP contribution in [0, 0.1) is 0 Å². The molecule has 0 aromatic rings. The number of amides is 4. The minimum Gasteiger partial charge on any atom is -0.481 e. The van der Waals surface area contributed by atoms with Crippen LogP contribution in [0.5, 0.6) is 0 Å². The van der Waals surface area contributed by atoms with Crippen molar-refractivity contribution in [3.63, 3.8) is 0 Å². The standard InChI is InChI=1S/C23H35N5O14S2/c29-15(30)5-1-10(24-20(38)11(2-6-16(31)32)26-22(40)14(9-43)28-44)19(37)25-12(3-7-17(33)34)21(39)27-13(23(41)42)4-8-18(35)36/h10-14,28,43-44H,1-9H2,(H,24,38)(H,25,37)(H,26,40)(H,27,39)(H,29,30)(H,31,32)(H,33,34)(H,35,36)(H,41,42)/t10-,11-,12-,13-,14-/m0/s1. The van der Waals surface area contributed by atoms with E-state index in [-0.39, 0.29) is 5.75 Å². The summed E-state index contributed by atoms with van der Waals surface area (Å²) in [7, 11) is 0. The molecular weight excluding hydrogens is 634 g/mol. The average Bonchev–Trinajstić information content (AvgIpc) is 2.92. The van der Waals surface area contributed by atoms with Crippen LogP contribution in [0.2, 0.25) is 0 Å². The molecular formula is C23H35N5O14S2. The molecule has 248 valence electrons. The Morgan fingerprint density at radius 3 is 0.932 bits per heavy atom. The Labute approximate surface area is 260 Å². The second-order valence-corrected chi connectivity index (χ2v) is 9.80. The third kappa shape index (κ3) is 16.5. The number of hydrogen-bond acceptors (Lipinski definition) is 12. The van der Waals surface area contributed by atoms with E-state index in [0.717, 1.165) is 0 Å². The van der Waals surface area contributed by atoms with Crippen molar-refractivity contribution in [2.24, 2.45) is 0 Å². The maximum absolute atomic E-state index is 13.1. The summed E-state index contributed by atoms with van der Waals surface area (Å²) < 4.78 is 2.32. The summed E-state index contributed by atoms with van der Waals surface area (Å²) >= 11 is 7.71. The molecule has 5 atom stereocenters. The number of hydrogen-bond donors (Lipinski definition) is 12. The average molecular weight is 670 g/mol. The van der Waals surface area contributed by atoms with Gasteiger partial charge in [-0.25, -0.2) is 4.79 Å². The molecule has 0 aliphatic carbocycles. The molecule has 44 heavy (non-hydrogen) atoms. The lowest BCUT2D eigenvalue weighted by atomic mass is 10.0. The van der Waals surface area contributed by atoms with Crippen LogP contribution in [0.25, 0.3) is 0 Å². The molecule has 10 N–H and O–H groups in total. The van der Waals surface area contributed by atoms with Crippen molar-refractivity contribution < 1.29 is 68.7 Å². The van der Waals surface area contributed by atoms with E-state index in [9.17, 15) is 48.3 Å². The fourth-order valence-electron chi connectivity index (χ4n) is 3.41. The number of carbonyl (C=O) groups excluding carboxylic acids is 4. The second-order valence-electron chi connectivity index (χ2n) is 9.18. The summed E-state index contributed by atoms with van der Waals surface area (Å²) in [6, 6.07) is -7.73. The monoisotopic (exact) mass is 669 g/mol. The molecule has 0 radical (unpaired) electrons. The normalized spacial score (nSPS) is 14.0. The van der Waals surface area contributed by atoms with Gasteiger partial charge in [-0.3, -0.25) is 43.1 Å². The summed E-state index contributed by atoms with van der Waals surface area (Å²) in [6.45, 7) is 0. The van der Waals surface area contributed by atoms with Gasteiger partial charge in [-0.1, -0.05) is 12.8 Å². The van der Waals surface area contributed by atoms with Gasteiger partial charge in [0.2, 0.25) is 23.6 Å². The maximum Gasteiger partial charge on any atom is 0.326 e. The minimum atomic E-state index is -1.73. The first-order chi connectivity index (χ1) is 20.5. The number of carbonyl (C=O) groups is 9. The van der Waals surface area contributed by atoms with E-state index in [2.05, 4.69) is 46.1 Å². The first kappa shape index (κ1) is 39.9. The molecule has 0 unspecified atom stereocenters. The van der Waals surface area contributed by atoms with Crippen molar-refractivity contribution in [2.45, 2.75) is 81.6 Å². The summed E-state index contributed by atoms with van der Waals surface area (Å²) in [4.78, 5) is 107. The first-order valence-corrected chi connectivity index (χ1v) is 13.9. The third-order valence-corrected chi connectivity index (χ3v) is 6.43. The molecule has 19 nitrogen and oxygen atoms in total. The van der Waals surface area contributed by atoms with Crippen LogP contribution in [0.1, 0.15) is 51.4 Å². The lowest BCUT2D eigenvalue weighted by Crippen LogP contribution is -2.58. The number of thiol groups is 2. The van der Waals surface area contributed by atoms with Crippen molar-refractivity contribution in [1.29, 1.82) is 0 Å². The number of carboxylic acid groups (broad SMARTS) is 5. The summed E-state index contributed by atoms with van der Waals surface area (Å²) in [6.07, 6.45) is -4.82. The molecule has 4 amide bonds. The topological polar surface area (TPSA) is 315 Å². The lowest BCUT2D eigenvalue weighted by molar-refractivity contribution is -0.144. The van der Waals surface area contributed by atoms with Crippen LogP contribution in [0.3, 0.4) is 0 Å². The number of carboxylic acids is 5. The summed E-state index contributed by atoms with van der Waals surface area (Å²) in [5.74, 6) is -11.5. The molecule has 0 aromatic carbocycles. The number of rotatable bonds is 23. The first-order valence-electron chi connectivity index (χ1n) is 12.8. The fraction of sp³-hybridized carbons (Fsp3) is 0.609. The Hall–Kier alpha value is -4.11. The molecule has 0 aliphatic rings. The van der Waals surface area contributed by atoms with Crippen molar-refractivity contribution in [3.8, 4) is 0 Å². The van der Waals surface area contributed by atoms with Gasteiger partial charge in [-0.05, 0) is 25.7 Å². The van der Waals surface area contributed by atoms with Crippen LogP contribution in [-0.2, 0) is 43.2 Å². The smallest absolute Gasteiger partial charge is 0.326 e. The highest BCUT2D eigenvalue weighted by Gasteiger charge is 2.32. The van der Waals surface area contributed by atoms with Gasteiger partial charge in [-0.2, -0.15) is 12.6 Å². The van der Waals surface area contributed by atoms with Gasteiger partial charge in [0, 0.05) is 31.4 Å². The SMILES string of the molecule is O=C(O)CC[C@H](NC(=O)[C@H](CCC(=O)O)NC(=O)[C@H](CCC(=O)O)NC(=O)[C@H](CCC(=O)O)NC(=O)[C@H](CS)NS)C(=O)O. The van der Waals surface area contributed by atoms with E-state index in [0.29, 0.717) is 0 Å². The van der Waals surface area contributed by atoms with Crippen LogP contribution in [0.15, 0.2) is 0 Å². The molecule has 0 saturated heterocycles. The van der Waals surface area contributed by atoms with Crippen molar-refractivity contribution >= 4 is 78.9 Å². The van der Waals surface area contributed by atoms with E-state index in [4.69, 9.17) is 20.4 Å². The zero-order valence-electron chi connectivity index (χ0n) is 23.1. The van der Waals surface area contributed by atoms with Crippen LogP contribution < -0.4 is 26.0 Å². The Kier molecular flexibility index (Phi) is 18.8. The zero-order chi connectivity index (χ0) is 34.0. The molecule has 0 rings (SSSR count). The summed E-state index contributed by atoms with van der Waals surface area (Å²) in [5.41, 5.74) is 0. The predicted molar refractivity (Wildman–Crippen MR) is 153 cm³/mol. The molecule has 0 saturated carbocycles. The van der Waals surface area contributed by atoms with Crippen molar-refractivity contribution in [2.75, 3.05) is 5.75 Å². The predicted octanol–water partition coefficient (Wildman–Crippen LogP) is -2.80. The van der Waals surface area contributed by atoms with E-state index in [1.165, 1.54) is 0 Å². The molecule has 0 aromatic heterocycles. The van der Waals surface area contributed by atoms with Crippen LogP contribution in [-0.4, -0.2) is 115 Å². The van der Waals surface area contributed by atoms with Gasteiger partial charge in [0.1, 0.15) is 30.2 Å². The Morgan fingerprint density at radius 2 is 0.705 bits per heavy atom. The minimum absolute atomic E-state index is 0.0783. The van der Waals surface area contributed by atoms with Crippen molar-refractivity contribution in [1.82, 2.24) is 26.0 Å². The van der Waals surface area contributed by atoms with Gasteiger partial charge >= 0.3 is 29.8 Å². The highest BCUT2D eigenvalue weighted by atomic mass is 32.1. The van der Waals surface area contributed by atoms with Gasteiger partial charge in [0.15, 0.2) is 0 Å². The van der Waals surface area contributed by atoms with Crippen LogP contribution >= 0.6 is 25.4 Å².